The lowest BCUT2D eigenvalue weighted by molar-refractivity contribution is 0.224. The summed E-state index contributed by atoms with van der Waals surface area (Å²) in [5, 5.41) is 5.87. The molecule has 124 valence electrons. The molecule has 0 heterocycles. The third-order valence-corrected chi connectivity index (χ3v) is 3.36. The Morgan fingerprint density at radius 2 is 1.64 bits per heavy atom. The molecule has 5 heteroatoms. The third kappa shape index (κ3) is 5.93. The fraction of sp³-hybridized carbons (Fsp3) is 0.588. The number of hydrogen-bond acceptors (Lipinski definition) is 3. The maximum atomic E-state index is 11.9. The summed E-state index contributed by atoms with van der Waals surface area (Å²) in [4.78, 5) is 16.1. The van der Waals surface area contributed by atoms with Crippen LogP contribution in [-0.2, 0) is 0 Å². The van der Waals surface area contributed by atoms with Crippen LogP contribution in [0.15, 0.2) is 24.3 Å². The van der Waals surface area contributed by atoms with Crippen LogP contribution < -0.4 is 15.5 Å². The second-order valence-electron chi connectivity index (χ2n) is 7.05. The van der Waals surface area contributed by atoms with Gasteiger partial charge in [0.05, 0.1) is 6.04 Å². The molecule has 0 aromatic heterocycles. The number of rotatable bonds is 5. The molecule has 0 spiro atoms. The third-order valence-electron chi connectivity index (χ3n) is 3.36. The quantitative estimate of drug-likeness (QED) is 0.878. The summed E-state index contributed by atoms with van der Waals surface area (Å²) >= 11 is 0. The zero-order chi connectivity index (χ0) is 16.9. The summed E-state index contributed by atoms with van der Waals surface area (Å²) in [5.74, 6) is 0. The molecule has 2 amide bonds. The lowest BCUT2D eigenvalue weighted by Crippen LogP contribution is -2.48. The molecule has 0 fully saturated rings. The van der Waals surface area contributed by atoms with E-state index in [1.54, 1.807) is 0 Å². The number of hydrogen-bond donors (Lipinski definition) is 2. The van der Waals surface area contributed by atoms with Crippen molar-refractivity contribution < 1.29 is 4.79 Å². The molecule has 5 nitrogen and oxygen atoms in total. The Balaban J connectivity index is 2.72. The van der Waals surface area contributed by atoms with Crippen molar-refractivity contribution in [1.82, 2.24) is 15.5 Å². The second kappa shape index (κ2) is 7.49. The van der Waals surface area contributed by atoms with Crippen LogP contribution in [0.25, 0.3) is 0 Å². The van der Waals surface area contributed by atoms with Gasteiger partial charge in [0, 0.05) is 31.9 Å². The monoisotopic (exact) mass is 306 g/mol. The average Bonchev–Trinajstić information content (AvgIpc) is 2.37. The van der Waals surface area contributed by atoms with Gasteiger partial charge in [-0.15, -0.1) is 0 Å². The maximum Gasteiger partial charge on any atom is 0.315 e. The van der Waals surface area contributed by atoms with Gasteiger partial charge in [-0.3, -0.25) is 0 Å². The molecule has 0 unspecified atom stereocenters. The Labute approximate surface area is 134 Å². The fourth-order valence-corrected chi connectivity index (χ4v) is 2.17. The van der Waals surface area contributed by atoms with E-state index in [1.807, 2.05) is 49.0 Å². The zero-order valence-corrected chi connectivity index (χ0v) is 14.9. The van der Waals surface area contributed by atoms with Gasteiger partial charge in [0.15, 0.2) is 0 Å². The largest absolute Gasteiger partial charge is 0.378 e. The van der Waals surface area contributed by atoms with E-state index in [2.05, 4.69) is 44.7 Å². The zero-order valence-electron chi connectivity index (χ0n) is 14.9. The SMILES string of the molecule is CN(C)c1ccc([C@H](CNC(=O)NC(C)(C)C)N(C)C)cc1. The highest BCUT2D eigenvalue weighted by molar-refractivity contribution is 5.74. The van der Waals surface area contributed by atoms with Gasteiger partial charge in [-0.1, -0.05) is 12.1 Å². The molecule has 22 heavy (non-hydrogen) atoms. The van der Waals surface area contributed by atoms with E-state index >= 15 is 0 Å². The molecule has 1 aromatic carbocycles. The van der Waals surface area contributed by atoms with Crippen molar-refractivity contribution in [3.8, 4) is 0 Å². The van der Waals surface area contributed by atoms with Gasteiger partial charge in [0.2, 0.25) is 0 Å². The minimum absolute atomic E-state index is 0.135. The van der Waals surface area contributed by atoms with Gasteiger partial charge in [0.25, 0.3) is 0 Å². The number of amides is 2. The van der Waals surface area contributed by atoms with Crippen LogP contribution in [-0.4, -0.2) is 51.2 Å². The van der Waals surface area contributed by atoms with Crippen LogP contribution in [0.1, 0.15) is 32.4 Å². The van der Waals surface area contributed by atoms with Crippen LogP contribution in [0.5, 0.6) is 0 Å². The molecule has 0 radical (unpaired) electrons. The predicted octanol–water partition coefficient (Wildman–Crippen LogP) is 2.45. The van der Waals surface area contributed by atoms with Gasteiger partial charge >= 0.3 is 6.03 Å². The Kier molecular flexibility index (Phi) is 6.23. The van der Waals surface area contributed by atoms with Gasteiger partial charge in [-0.05, 0) is 52.6 Å². The van der Waals surface area contributed by atoms with E-state index in [1.165, 1.54) is 11.3 Å². The van der Waals surface area contributed by atoms with Crippen molar-refractivity contribution in [2.45, 2.75) is 32.4 Å². The first-order chi connectivity index (χ1) is 10.1. The highest BCUT2D eigenvalue weighted by Gasteiger charge is 2.18. The van der Waals surface area contributed by atoms with Crippen LogP contribution in [0, 0.1) is 0 Å². The van der Waals surface area contributed by atoms with Gasteiger partial charge in [0.1, 0.15) is 0 Å². The molecule has 1 aromatic rings. The Bertz CT molecular complexity index is 474. The first kappa shape index (κ1) is 18.3. The van der Waals surface area contributed by atoms with Crippen molar-refractivity contribution in [1.29, 1.82) is 0 Å². The number of carbonyl (C=O) groups excluding carboxylic acids is 1. The molecule has 1 atom stereocenters. The number of carbonyl (C=O) groups is 1. The smallest absolute Gasteiger partial charge is 0.315 e. The second-order valence-corrected chi connectivity index (χ2v) is 7.05. The van der Waals surface area contributed by atoms with E-state index in [4.69, 9.17) is 0 Å². The summed E-state index contributed by atoms with van der Waals surface area (Å²) in [6.07, 6.45) is 0. The summed E-state index contributed by atoms with van der Waals surface area (Å²) in [5.41, 5.74) is 2.12. The van der Waals surface area contributed by atoms with Crippen molar-refractivity contribution >= 4 is 11.7 Å². The van der Waals surface area contributed by atoms with Crippen LogP contribution in [0.2, 0.25) is 0 Å². The number of anilines is 1. The van der Waals surface area contributed by atoms with Crippen LogP contribution in [0.3, 0.4) is 0 Å². The lowest BCUT2D eigenvalue weighted by Gasteiger charge is -2.27. The highest BCUT2D eigenvalue weighted by Crippen LogP contribution is 2.20. The Hall–Kier alpha value is -1.75. The Morgan fingerprint density at radius 1 is 1.09 bits per heavy atom. The maximum absolute atomic E-state index is 11.9. The normalized spacial score (nSPS) is 12.9. The van der Waals surface area contributed by atoms with Gasteiger partial charge < -0.3 is 20.4 Å². The molecule has 0 aliphatic rings. The molecule has 1 rings (SSSR count). The molecule has 0 saturated heterocycles. The van der Waals surface area contributed by atoms with E-state index in [0.717, 1.165) is 0 Å². The van der Waals surface area contributed by atoms with Crippen molar-refractivity contribution in [3.63, 3.8) is 0 Å². The van der Waals surface area contributed by atoms with E-state index < -0.39 is 0 Å². The standard InChI is InChI=1S/C17H30N4O/c1-17(2,3)19-16(22)18-12-15(21(6)7)13-8-10-14(11-9-13)20(4)5/h8-11,15H,12H2,1-7H3,(H2,18,19,22)/t15-/m0/s1. The molecular formula is C17H30N4O. The minimum atomic E-state index is -0.231. The van der Waals surface area contributed by atoms with Crippen molar-refractivity contribution in [3.05, 3.63) is 29.8 Å². The molecule has 0 aliphatic heterocycles. The summed E-state index contributed by atoms with van der Waals surface area (Å²) < 4.78 is 0. The van der Waals surface area contributed by atoms with Crippen LogP contribution in [0.4, 0.5) is 10.5 Å². The average molecular weight is 306 g/mol. The van der Waals surface area contributed by atoms with Gasteiger partial charge in [-0.25, -0.2) is 4.79 Å². The minimum Gasteiger partial charge on any atom is -0.378 e. The summed E-state index contributed by atoms with van der Waals surface area (Å²) in [6.45, 7) is 6.47. The van der Waals surface area contributed by atoms with E-state index in [-0.39, 0.29) is 17.6 Å². The Morgan fingerprint density at radius 3 is 2.05 bits per heavy atom. The molecule has 2 N–H and O–H groups in total. The lowest BCUT2D eigenvalue weighted by atomic mass is 10.1. The predicted molar refractivity (Wildman–Crippen MR) is 93.5 cm³/mol. The van der Waals surface area contributed by atoms with Crippen molar-refractivity contribution in [2.75, 3.05) is 39.6 Å². The number of urea groups is 1. The molecule has 0 saturated carbocycles. The number of nitrogens with one attached hydrogen (secondary N) is 2. The van der Waals surface area contributed by atoms with Gasteiger partial charge in [-0.2, -0.15) is 0 Å². The molecule has 0 aliphatic carbocycles. The van der Waals surface area contributed by atoms with E-state index in [9.17, 15) is 4.79 Å². The summed E-state index contributed by atoms with van der Waals surface area (Å²) in [6, 6.07) is 8.43. The van der Waals surface area contributed by atoms with Crippen molar-refractivity contribution in [2.24, 2.45) is 0 Å². The molecular weight excluding hydrogens is 276 g/mol. The number of likely N-dealkylation sites (N-methyl/N-ethyl adjacent to an activating group) is 1. The molecule has 0 bridgehead atoms. The topological polar surface area (TPSA) is 47.6 Å². The van der Waals surface area contributed by atoms with Crippen LogP contribution >= 0.6 is 0 Å². The first-order valence-corrected chi connectivity index (χ1v) is 7.60. The number of nitrogens with zero attached hydrogens (tertiary/aromatic N) is 2. The first-order valence-electron chi connectivity index (χ1n) is 7.60. The highest BCUT2D eigenvalue weighted by atomic mass is 16.2. The number of benzene rings is 1. The van der Waals surface area contributed by atoms with E-state index in [0.29, 0.717) is 6.54 Å². The fourth-order valence-electron chi connectivity index (χ4n) is 2.17. The summed E-state index contributed by atoms with van der Waals surface area (Å²) in [7, 11) is 8.09.